The SMILES string of the molecule is Cc1noc(C)c1COc1ccc(CC(=O)NCC2CNC2)cc1.Cl. The number of carbonyl (C=O) groups excluding carboxylic acids is 1. The van der Waals surface area contributed by atoms with Crippen LogP contribution in [-0.2, 0) is 17.8 Å². The van der Waals surface area contributed by atoms with Crippen LogP contribution in [0.3, 0.4) is 0 Å². The fraction of sp³-hybridized carbons (Fsp3) is 0.444. The van der Waals surface area contributed by atoms with Crippen molar-refractivity contribution in [1.82, 2.24) is 15.8 Å². The summed E-state index contributed by atoms with van der Waals surface area (Å²) in [5, 5.41) is 10.1. The molecule has 1 saturated heterocycles. The standard InChI is InChI=1S/C18H23N3O3.ClH/c1-12-17(13(2)24-21-12)11-23-16-5-3-14(4-6-16)7-18(22)20-10-15-8-19-9-15;/h3-6,15,19H,7-11H2,1-2H3,(H,20,22);1H. The number of benzene rings is 1. The van der Waals surface area contributed by atoms with Crippen LogP contribution in [0.1, 0.15) is 22.6 Å². The Morgan fingerprint density at radius 2 is 2.04 bits per heavy atom. The van der Waals surface area contributed by atoms with E-state index >= 15 is 0 Å². The largest absolute Gasteiger partial charge is 0.489 e. The highest BCUT2D eigenvalue weighted by Gasteiger charge is 2.17. The van der Waals surface area contributed by atoms with Crippen molar-refractivity contribution in [2.24, 2.45) is 5.92 Å². The van der Waals surface area contributed by atoms with Crippen LogP contribution in [0.4, 0.5) is 0 Å². The first kappa shape index (κ1) is 19.3. The van der Waals surface area contributed by atoms with Crippen molar-refractivity contribution in [3.8, 4) is 5.75 Å². The number of aryl methyl sites for hydroxylation is 2. The van der Waals surface area contributed by atoms with Gasteiger partial charge >= 0.3 is 0 Å². The van der Waals surface area contributed by atoms with Crippen molar-refractivity contribution < 1.29 is 14.1 Å². The van der Waals surface area contributed by atoms with Crippen LogP contribution in [0.5, 0.6) is 5.75 Å². The summed E-state index contributed by atoms with van der Waals surface area (Å²) in [6.07, 6.45) is 0.393. The summed E-state index contributed by atoms with van der Waals surface area (Å²) in [6, 6.07) is 7.62. The topological polar surface area (TPSA) is 76.4 Å². The molecule has 0 bridgehead atoms. The minimum absolute atomic E-state index is 0. The number of nitrogens with one attached hydrogen (secondary N) is 2. The monoisotopic (exact) mass is 365 g/mol. The first-order valence-electron chi connectivity index (χ1n) is 8.22. The molecule has 0 radical (unpaired) electrons. The van der Waals surface area contributed by atoms with E-state index in [1.165, 1.54) is 0 Å². The van der Waals surface area contributed by atoms with Gasteiger partial charge in [0.2, 0.25) is 5.91 Å². The second-order valence-corrected chi connectivity index (χ2v) is 6.24. The molecule has 0 saturated carbocycles. The van der Waals surface area contributed by atoms with Crippen molar-refractivity contribution in [2.75, 3.05) is 19.6 Å². The molecule has 1 aromatic carbocycles. The number of halogens is 1. The van der Waals surface area contributed by atoms with Gasteiger partial charge in [-0.1, -0.05) is 17.3 Å². The number of aromatic nitrogens is 1. The van der Waals surface area contributed by atoms with E-state index < -0.39 is 0 Å². The van der Waals surface area contributed by atoms with Crippen LogP contribution in [0.15, 0.2) is 28.8 Å². The molecule has 2 N–H and O–H groups in total. The Bertz CT molecular complexity index is 677. The lowest BCUT2D eigenvalue weighted by molar-refractivity contribution is -0.120. The van der Waals surface area contributed by atoms with E-state index in [0.717, 1.165) is 48.0 Å². The molecule has 1 aliphatic heterocycles. The Hall–Kier alpha value is -2.05. The van der Waals surface area contributed by atoms with Crippen LogP contribution in [0.2, 0.25) is 0 Å². The summed E-state index contributed by atoms with van der Waals surface area (Å²) in [4.78, 5) is 11.9. The summed E-state index contributed by atoms with van der Waals surface area (Å²) in [5.41, 5.74) is 2.80. The molecule has 0 atom stereocenters. The molecule has 1 aromatic heterocycles. The quantitative estimate of drug-likeness (QED) is 0.786. The maximum absolute atomic E-state index is 11.9. The van der Waals surface area contributed by atoms with Gasteiger partial charge in [0.15, 0.2) is 0 Å². The fourth-order valence-electron chi connectivity index (χ4n) is 2.57. The van der Waals surface area contributed by atoms with Gasteiger partial charge in [0.25, 0.3) is 0 Å². The van der Waals surface area contributed by atoms with Gasteiger partial charge in [0.1, 0.15) is 18.1 Å². The highest BCUT2D eigenvalue weighted by atomic mass is 35.5. The Kier molecular flexibility index (Phi) is 6.84. The van der Waals surface area contributed by atoms with Gasteiger partial charge in [-0.05, 0) is 31.5 Å². The minimum Gasteiger partial charge on any atom is -0.489 e. The highest BCUT2D eigenvalue weighted by Crippen LogP contribution is 2.18. The van der Waals surface area contributed by atoms with E-state index in [1.54, 1.807) is 0 Å². The van der Waals surface area contributed by atoms with Crippen molar-refractivity contribution in [2.45, 2.75) is 26.9 Å². The maximum Gasteiger partial charge on any atom is 0.224 e. The molecule has 3 rings (SSSR count). The van der Waals surface area contributed by atoms with Crippen molar-refractivity contribution in [3.05, 3.63) is 46.8 Å². The van der Waals surface area contributed by atoms with Crippen LogP contribution >= 0.6 is 12.4 Å². The first-order chi connectivity index (χ1) is 11.6. The number of amides is 1. The number of ether oxygens (including phenoxy) is 1. The molecule has 1 amide bonds. The Morgan fingerprint density at radius 1 is 1.32 bits per heavy atom. The summed E-state index contributed by atoms with van der Waals surface area (Å²) in [5.74, 6) is 2.18. The predicted molar refractivity (Wildman–Crippen MR) is 97.1 cm³/mol. The predicted octanol–water partition coefficient (Wildman–Crippen LogP) is 2.17. The van der Waals surface area contributed by atoms with Crippen LogP contribution < -0.4 is 15.4 Å². The van der Waals surface area contributed by atoms with E-state index in [9.17, 15) is 4.79 Å². The molecule has 0 spiro atoms. The van der Waals surface area contributed by atoms with Gasteiger partial charge in [-0.3, -0.25) is 4.79 Å². The number of hydrogen-bond acceptors (Lipinski definition) is 5. The van der Waals surface area contributed by atoms with Gasteiger partial charge in [-0.15, -0.1) is 12.4 Å². The van der Waals surface area contributed by atoms with Crippen molar-refractivity contribution >= 4 is 18.3 Å². The highest BCUT2D eigenvalue weighted by molar-refractivity contribution is 5.85. The summed E-state index contributed by atoms with van der Waals surface area (Å²) in [6.45, 7) is 6.95. The zero-order chi connectivity index (χ0) is 16.9. The Balaban J connectivity index is 0.00000225. The summed E-state index contributed by atoms with van der Waals surface area (Å²) >= 11 is 0. The van der Waals surface area contributed by atoms with E-state index in [0.29, 0.717) is 18.9 Å². The molecule has 0 unspecified atom stereocenters. The lowest BCUT2D eigenvalue weighted by atomic mass is 10.0. The molecular formula is C18H24ClN3O3. The van der Waals surface area contributed by atoms with E-state index in [2.05, 4.69) is 15.8 Å². The van der Waals surface area contributed by atoms with Gasteiger partial charge < -0.3 is 19.9 Å². The minimum atomic E-state index is 0. The van der Waals surface area contributed by atoms with Crippen LogP contribution in [0, 0.1) is 19.8 Å². The zero-order valence-electron chi connectivity index (χ0n) is 14.5. The third kappa shape index (κ3) is 5.21. The average Bonchev–Trinajstić information content (AvgIpc) is 2.84. The number of carbonyl (C=O) groups is 1. The van der Waals surface area contributed by atoms with Crippen LogP contribution in [-0.4, -0.2) is 30.7 Å². The molecule has 6 nitrogen and oxygen atoms in total. The molecule has 1 aliphatic rings. The number of hydrogen-bond donors (Lipinski definition) is 2. The van der Waals surface area contributed by atoms with E-state index in [-0.39, 0.29) is 18.3 Å². The normalized spacial score (nSPS) is 13.7. The molecule has 2 heterocycles. The van der Waals surface area contributed by atoms with Crippen molar-refractivity contribution in [1.29, 1.82) is 0 Å². The van der Waals surface area contributed by atoms with Crippen LogP contribution in [0.25, 0.3) is 0 Å². The van der Waals surface area contributed by atoms with Gasteiger partial charge in [-0.25, -0.2) is 0 Å². The summed E-state index contributed by atoms with van der Waals surface area (Å²) < 4.78 is 10.9. The maximum atomic E-state index is 11.9. The molecule has 136 valence electrons. The Morgan fingerprint density at radius 3 is 2.60 bits per heavy atom. The second-order valence-electron chi connectivity index (χ2n) is 6.24. The lowest BCUT2D eigenvalue weighted by Gasteiger charge is -2.27. The smallest absolute Gasteiger partial charge is 0.224 e. The van der Waals surface area contributed by atoms with Gasteiger partial charge in [-0.2, -0.15) is 0 Å². The Labute approximate surface area is 153 Å². The molecule has 7 heteroatoms. The molecule has 2 aromatic rings. The third-order valence-corrected chi connectivity index (χ3v) is 4.31. The number of rotatable bonds is 7. The number of nitrogens with zero attached hydrogens (tertiary/aromatic N) is 1. The van der Waals surface area contributed by atoms with Gasteiger partial charge in [0.05, 0.1) is 17.7 Å². The van der Waals surface area contributed by atoms with Gasteiger partial charge in [0, 0.05) is 25.6 Å². The molecule has 25 heavy (non-hydrogen) atoms. The average molecular weight is 366 g/mol. The lowest BCUT2D eigenvalue weighted by Crippen LogP contribution is -2.48. The fourth-order valence-corrected chi connectivity index (χ4v) is 2.57. The van der Waals surface area contributed by atoms with E-state index in [4.69, 9.17) is 9.26 Å². The molecular weight excluding hydrogens is 342 g/mol. The van der Waals surface area contributed by atoms with E-state index in [1.807, 2.05) is 38.1 Å². The first-order valence-corrected chi connectivity index (χ1v) is 8.22. The molecule has 0 aliphatic carbocycles. The molecule has 1 fully saturated rings. The second kappa shape index (κ2) is 8.87. The third-order valence-electron chi connectivity index (χ3n) is 4.31. The van der Waals surface area contributed by atoms with Crippen molar-refractivity contribution in [3.63, 3.8) is 0 Å². The zero-order valence-corrected chi connectivity index (χ0v) is 15.3. The summed E-state index contributed by atoms with van der Waals surface area (Å²) in [7, 11) is 0.